The van der Waals surface area contributed by atoms with E-state index >= 15 is 0 Å². The van der Waals surface area contributed by atoms with E-state index in [2.05, 4.69) is 16.4 Å². The zero-order valence-corrected chi connectivity index (χ0v) is 8.75. The first-order valence-electron chi connectivity index (χ1n) is 4.77. The summed E-state index contributed by atoms with van der Waals surface area (Å²) in [6.45, 7) is 3.01. The van der Waals surface area contributed by atoms with Gasteiger partial charge in [-0.15, -0.1) is 0 Å². The summed E-state index contributed by atoms with van der Waals surface area (Å²) in [5.41, 5.74) is 8.44. The maximum absolute atomic E-state index is 5.61. The monoisotopic (exact) mass is 191 g/mol. The highest BCUT2D eigenvalue weighted by atomic mass is 14.8. The van der Waals surface area contributed by atoms with Crippen LogP contribution in [-0.2, 0) is 0 Å². The topological polar surface area (TPSA) is 50.9 Å². The number of nitrogen functional groups attached to an aromatic ring is 1. The number of rotatable bonds is 4. The van der Waals surface area contributed by atoms with Crippen LogP contribution >= 0.6 is 0 Å². The molecule has 0 aliphatic carbocycles. The van der Waals surface area contributed by atoms with Crippen molar-refractivity contribution < 1.29 is 0 Å². The van der Waals surface area contributed by atoms with E-state index in [-0.39, 0.29) is 0 Å². The molecule has 1 aromatic heterocycles. The number of hydrogen-bond acceptors (Lipinski definition) is 3. The van der Waals surface area contributed by atoms with E-state index in [1.807, 2.05) is 26.1 Å². The normalized spacial score (nSPS) is 11.0. The van der Waals surface area contributed by atoms with Crippen molar-refractivity contribution in [1.82, 2.24) is 10.3 Å². The van der Waals surface area contributed by atoms with Crippen molar-refractivity contribution in [1.29, 1.82) is 0 Å². The van der Waals surface area contributed by atoms with Gasteiger partial charge in [0.1, 0.15) is 0 Å². The average Bonchev–Trinajstić information content (AvgIpc) is 2.15. The van der Waals surface area contributed by atoms with Crippen LogP contribution in [0.1, 0.15) is 17.7 Å². The minimum absolute atomic E-state index is 0.717. The lowest BCUT2D eigenvalue weighted by Crippen LogP contribution is -2.05. The largest absolute Gasteiger partial charge is 0.397 e. The van der Waals surface area contributed by atoms with Crippen LogP contribution in [0.15, 0.2) is 18.3 Å². The van der Waals surface area contributed by atoms with E-state index in [1.54, 1.807) is 6.20 Å². The molecule has 0 amide bonds. The number of nitrogens with zero attached hydrogens (tertiary/aromatic N) is 1. The van der Waals surface area contributed by atoms with Gasteiger partial charge in [0.25, 0.3) is 0 Å². The molecule has 1 aromatic rings. The number of anilines is 1. The van der Waals surface area contributed by atoms with Crippen molar-refractivity contribution in [3.63, 3.8) is 0 Å². The van der Waals surface area contributed by atoms with E-state index < -0.39 is 0 Å². The fourth-order valence-electron chi connectivity index (χ4n) is 1.20. The van der Waals surface area contributed by atoms with E-state index in [0.29, 0.717) is 0 Å². The summed E-state index contributed by atoms with van der Waals surface area (Å²) in [7, 11) is 1.94. The number of aryl methyl sites for hydroxylation is 1. The molecule has 0 bridgehead atoms. The molecule has 3 heteroatoms. The summed E-state index contributed by atoms with van der Waals surface area (Å²) < 4.78 is 0. The highest BCUT2D eigenvalue weighted by Gasteiger charge is 1.95. The fraction of sp³-hybridized carbons (Fsp3) is 0.364. The fourth-order valence-corrected chi connectivity index (χ4v) is 1.20. The van der Waals surface area contributed by atoms with Gasteiger partial charge in [-0.25, -0.2) is 0 Å². The van der Waals surface area contributed by atoms with E-state index in [9.17, 15) is 0 Å². The molecule has 0 saturated heterocycles. The van der Waals surface area contributed by atoms with E-state index in [1.165, 1.54) is 0 Å². The standard InChI is InChI=1S/C11H17N3/c1-9-7-10(12)8-14-11(9)5-3-4-6-13-2/h3,5,7-8,13H,4,6,12H2,1-2H3. The molecule has 3 N–H and O–H groups in total. The number of nitrogens with one attached hydrogen (secondary N) is 1. The van der Waals surface area contributed by atoms with Gasteiger partial charge in [-0.1, -0.05) is 6.08 Å². The molecule has 14 heavy (non-hydrogen) atoms. The van der Waals surface area contributed by atoms with Crippen molar-refractivity contribution in [2.24, 2.45) is 0 Å². The Morgan fingerprint density at radius 2 is 2.36 bits per heavy atom. The molecule has 1 heterocycles. The van der Waals surface area contributed by atoms with Crippen LogP contribution < -0.4 is 11.1 Å². The Hall–Kier alpha value is -1.35. The van der Waals surface area contributed by atoms with Crippen molar-refractivity contribution >= 4 is 11.8 Å². The Morgan fingerprint density at radius 3 is 3.00 bits per heavy atom. The van der Waals surface area contributed by atoms with Gasteiger partial charge in [0.05, 0.1) is 17.6 Å². The van der Waals surface area contributed by atoms with Crippen LogP contribution in [0.4, 0.5) is 5.69 Å². The Kier molecular flexibility index (Phi) is 4.13. The van der Waals surface area contributed by atoms with Crippen LogP contribution in [-0.4, -0.2) is 18.6 Å². The Bertz CT molecular complexity index is 318. The summed E-state index contributed by atoms with van der Waals surface area (Å²) in [6, 6.07) is 1.94. The van der Waals surface area contributed by atoms with Gasteiger partial charge >= 0.3 is 0 Å². The van der Waals surface area contributed by atoms with E-state index in [0.717, 1.165) is 29.9 Å². The predicted octanol–water partition coefficient (Wildman–Crippen LogP) is 1.59. The molecule has 0 aliphatic heterocycles. The Labute approximate surface area is 85.0 Å². The van der Waals surface area contributed by atoms with Gasteiger partial charge in [0, 0.05) is 0 Å². The Morgan fingerprint density at radius 1 is 1.57 bits per heavy atom. The second-order valence-corrected chi connectivity index (χ2v) is 3.27. The maximum atomic E-state index is 5.61. The number of aromatic nitrogens is 1. The SMILES string of the molecule is CNCCC=Cc1ncc(N)cc1C. The lowest BCUT2D eigenvalue weighted by Gasteiger charge is -2.00. The maximum Gasteiger partial charge on any atom is 0.0657 e. The van der Waals surface area contributed by atoms with Crippen molar-refractivity contribution in [2.75, 3.05) is 19.3 Å². The minimum Gasteiger partial charge on any atom is -0.397 e. The first-order chi connectivity index (χ1) is 6.74. The highest BCUT2D eigenvalue weighted by molar-refractivity contribution is 5.52. The third-order valence-corrected chi connectivity index (χ3v) is 1.98. The van der Waals surface area contributed by atoms with Gasteiger partial charge in [-0.05, 0) is 44.6 Å². The van der Waals surface area contributed by atoms with Gasteiger partial charge in [-0.2, -0.15) is 0 Å². The number of hydrogen-bond donors (Lipinski definition) is 2. The third kappa shape index (κ3) is 3.18. The molecular formula is C11H17N3. The first kappa shape index (κ1) is 10.7. The molecular weight excluding hydrogens is 174 g/mol. The van der Waals surface area contributed by atoms with Crippen LogP contribution in [0, 0.1) is 6.92 Å². The number of pyridine rings is 1. The van der Waals surface area contributed by atoms with Crippen LogP contribution in [0.25, 0.3) is 6.08 Å². The summed E-state index contributed by atoms with van der Waals surface area (Å²) >= 11 is 0. The van der Waals surface area contributed by atoms with E-state index in [4.69, 9.17) is 5.73 Å². The molecule has 0 aromatic carbocycles. The average molecular weight is 191 g/mol. The summed E-state index contributed by atoms with van der Waals surface area (Å²) in [5, 5.41) is 3.09. The Balaban J connectivity index is 2.62. The van der Waals surface area contributed by atoms with Crippen molar-refractivity contribution in [3.05, 3.63) is 29.6 Å². The quantitative estimate of drug-likeness (QED) is 0.711. The van der Waals surface area contributed by atoms with Crippen molar-refractivity contribution in [3.8, 4) is 0 Å². The summed E-state index contributed by atoms with van der Waals surface area (Å²) in [5.74, 6) is 0. The van der Waals surface area contributed by atoms with Crippen LogP contribution in [0.5, 0.6) is 0 Å². The lowest BCUT2D eigenvalue weighted by atomic mass is 10.2. The molecule has 0 spiro atoms. The zero-order chi connectivity index (χ0) is 10.4. The third-order valence-electron chi connectivity index (χ3n) is 1.98. The van der Waals surface area contributed by atoms with Gasteiger partial charge in [-0.3, -0.25) is 4.98 Å². The molecule has 76 valence electrons. The molecule has 0 aliphatic rings. The first-order valence-corrected chi connectivity index (χ1v) is 4.77. The molecule has 0 saturated carbocycles. The van der Waals surface area contributed by atoms with Crippen LogP contribution in [0.2, 0.25) is 0 Å². The zero-order valence-electron chi connectivity index (χ0n) is 8.75. The smallest absolute Gasteiger partial charge is 0.0657 e. The van der Waals surface area contributed by atoms with Gasteiger partial charge in [0.15, 0.2) is 0 Å². The van der Waals surface area contributed by atoms with Gasteiger partial charge in [0.2, 0.25) is 0 Å². The highest BCUT2D eigenvalue weighted by Crippen LogP contribution is 2.10. The molecule has 0 unspecified atom stereocenters. The second kappa shape index (κ2) is 5.40. The summed E-state index contributed by atoms with van der Waals surface area (Å²) in [6.07, 6.45) is 6.85. The molecule has 1 rings (SSSR count). The predicted molar refractivity (Wildman–Crippen MR) is 61.0 cm³/mol. The number of nitrogens with two attached hydrogens (primary N) is 1. The molecule has 0 fully saturated rings. The van der Waals surface area contributed by atoms with Crippen LogP contribution in [0.3, 0.4) is 0 Å². The summed E-state index contributed by atoms with van der Waals surface area (Å²) in [4.78, 5) is 4.24. The lowest BCUT2D eigenvalue weighted by molar-refractivity contribution is 0.809. The van der Waals surface area contributed by atoms with Crippen molar-refractivity contribution in [2.45, 2.75) is 13.3 Å². The van der Waals surface area contributed by atoms with Gasteiger partial charge < -0.3 is 11.1 Å². The molecule has 3 nitrogen and oxygen atoms in total. The minimum atomic E-state index is 0.717. The second-order valence-electron chi connectivity index (χ2n) is 3.27. The molecule has 0 atom stereocenters. The molecule has 0 radical (unpaired) electrons.